The minimum absolute atomic E-state index is 0.143. The lowest BCUT2D eigenvalue weighted by Gasteiger charge is -2.10. The maximum absolute atomic E-state index is 13.0. The zero-order chi connectivity index (χ0) is 22.8. The highest BCUT2D eigenvalue weighted by Gasteiger charge is 2.31. The summed E-state index contributed by atoms with van der Waals surface area (Å²) < 4.78 is 22.7. The molecular weight excluding hydrogens is 476 g/mol. The fourth-order valence-electron chi connectivity index (χ4n) is 3.49. The standard InChI is InChI=1S/C25H19BrO6/c1-14-11-16(31-25(28)17-8-4-5-9-18(17)26)13-20-22(14)23(27)21(32-20)12-15-7-6-10-19(29-2)24(15)30-3/h4-13H,1-3H3/b21-12-. The predicted molar refractivity (Wildman–Crippen MR) is 123 cm³/mol. The smallest absolute Gasteiger partial charge is 0.344 e. The van der Waals surface area contributed by atoms with E-state index < -0.39 is 5.97 Å². The zero-order valence-electron chi connectivity index (χ0n) is 17.6. The van der Waals surface area contributed by atoms with Crippen molar-refractivity contribution >= 4 is 33.8 Å². The lowest BCUT2D eigenvalue weighted by Crippen LogP contribution is -2.09. The zero-order valence-corrected chi connectivity index (χ0v) is 19.2. The predicted octanol–water partition coefficient (Wildman–Crippen LogP) is 5.61. The van der Waals surface area contributed by atoms with Gasteiger partial charge in [0, 0.05) is 16.1 Å². The highest BCUT2D eigenvalue weighted by molar-refractivity contribution is 9.10. The number of ketones is 1. The van der Waals surface area contributed by atoms with Gasteiger partial charge in [0.25, 0.3) is 0 Å². The van der Waals surface area contributed by atoms with Gasteiger partial charge < -0.3 is 18.9 Å². The number of halogens is 1. The van der Waals surface area contributed by atoms with Crippen LogP contribution in [0.25, 0.3) is 6.08 Å². The number of benzene rings is 3. The summed E-state index contributed by atoms with van der Waals surface area (Å²) in [5, 5.41) is 0. The van der Waals surface area contributed by atoms with Crippen LogP contribution in [0, 0.1) is 6.92 Å². The van der Waals surface area contributed by atoms with Crippen LogP contribution in [0.5, 0.6) is 23.0 Å². The van der Waals surface area contributed by atoms with Crippen molar-refractivity contribution in [1.82, 2.24) is 0 Å². The average molecular weight is 495 g/mol. The van der Waals surface area contributed by atoms with Gasteiger partial charge in [-0.2, -0.15) is 0 Å². The molecule has 0 fully saturated rings. The molecule has 3 aromatic carbocycles. The average Bonchev–Trinajstić information content (AvgIpc) is 3.09. The SMILES string of the molecule is COc1cccc(/C=C2\Oc3cc(OC(=O)c4ccccc4Br)cc(C)c3C2=O)c1OC. The number of carbonyl (C=O) groups excluding carboxylic acids is 2. The van der Waals surface area contributed by atoms with Gasteiger partial charge in [0.05, 0.1) is 25.3 Å². The summed E-state index contributed by atoms with van der Waals surface area (Å²) in [5.74, 6) is 1.03. The van der Waals surface area contributed by atoms with Crippen LogP contribution in [0.1, 0.15) is 31.8 Å². The lowest BCUT2D eigenvalue weighted by molar-refractivity contribution is 0.0733. The van der Waals surface area contributed by atoms with Gasteiger partial charge in [0.15, 0.2) is 17.3 Å². The maximum Gasteiger partial charge on any atom is 0.344 e. The summed E-state index contributed by atoms with van der Waals surface area (Å²) in [7, 11) is 3.07. The Kier molecular flexibility index (Phi) is 6.01. The van der Waals surface area contributed by atoms with Gasteiger partial charge in [-0.15, -0.1) is 0 Å². The van der Waals surface area contributed by atoms with Crippen LogP contribution in [0.3, 0.4) is 0 Å². The number of hydrogen-bond donors (Lipinski definition) is 0. The van der Waals surface area contributed by atoms with Crippen molar-refractivity contribution in [2.75, 3.05) is 14.2 Å². The Hall–Kier alpha value is -3.58. The first-order valence-electron chi connectivity index (χ1n) is 9.69. The van der Waals surface area contributed by atoms with E-state index in [9.17, 15) is 9.59 Å². The molecule has 0 saturated carbocycles. The van der Waals surface area contributed by atoms with Crippen molar-refractivity contribution in [2.45, 2.75) is 6.92 Å². The third-order valence-corrected chi connectivity index (χ3v) is 5.66. The second-order valence-corrected chi connectivity index (χ2v) is 7.86. The third-order valence-electron chi connectivity index (χ3n) is 4.97. The molecule has 4 rings (SSSR count). The van der Waals surface area contributed by atoms with Gasteiger partial charge in [0.1, 0.15) is 11.5 Å². The Bertz CT molecular complexity index is 1260. The topological polar surface area (TPSA) is 71.1 Å². The van der Waals surface area contributed by atoms with Gasteiger partial charge >= 0.3 is 5.97 Å². The molecule has 0 atom stereocenters. The molecule has 1 heterocycles. The van der Waals surface area contributed by atoms with E-state index in [0.29, 0.717) is 44.0 Å². The highest BCUT2D eigenvalue weighted by Crippen LogP contribution is 2.39. The number of aryl methyl sites for hydroxylation is 1. The van der Waals surface area contributed by atoms with Crippen LogP contribution >= 0.6 is 15.9 Å². The third kappa shape index (κ3) is 3.99. The monoisotopic (exact) mass is 494 g/mol. The van der Waals surface area contributed by atoms with Gasteiger partial charge in [-0.1, -0.05) is 24.3 Å². The van der Waals surface area contributed by atoms with E-state index in [-0.39, 0.29) is 17.3 Å². The van der Waals surface area contributed by atoms with Crippen molar-refractivity contribution in [3.63, 3.8) is 0 Å². The number of methoxy groups -OCH3 is 2. The fourth-order valence-corrected chi connectivity index (χ4v) is 3.94. The molecule has 32 heavy (non-hydrogen) atoms. The molecule has 7 heteroatoms. The molecule has 0 amide bonds. The van der Waals surface area contributed by atoms with Gasteiger partial charge in [-0.3, -0.25) is 4.79 Å². The summed E-state index contributed by atoms with van der Waals surface area (Å²) in [5.41, 5.74) is 2.11. The van der Waals surface area contributed by atoms with E-state index >= 15 is 0 Å². The van der Waals surface area contributed by atoms with E-state index in [1.54, 1.807) is 68.6 Å². The van der Waals surface area contributed by atoms with Crippen molar-refractivity contribution in [1.29, 1.82) is 0 Å². The number of hydrogen-bond acceptors (Lipinski definition) is 6. The number of allylic oxidation sites excluding steroid dienone is 1. The van der Waals surface area contributed by atoms with Crippen LogP contribution in [0.15, 0.2) is 64.8 Å². The molecule has 0 unspecified atom stereocenters. The fraction of sp³-hybridized carbons (Fsp3) is 0.120. The normalized spacial score (nSPS) is 13.5. The summed E-state index contributed by atoms with van der Waals surface area (Å²) in [6.45, 7) is 1.77. The van der Waals surface area contributed by atoms with Crippen molar-refractivity contribution in [3.8, 4) is 23.0 Å². The Morgan fingerprint density at radius 2 is 1.81 bits per heavy atom. The molecule has 0 radical (unpaired) electrons. The quantitative estimate of drug-likeness (QED) is 0.260. The van der Waals surface area contributed by atoms with Crippen LogP contribution in [0.4, 0.5) is 0 Å². The first-order chi connectivity index (χ1) is 15.4. The second-order valence-electron chi connectivity index (χ2n) is 7.01. The van der Waals surface area contributed by atoms with Crippen LogP contribution in [-0.2, 0) is 0 Å². The molecule has 0 aliphatic carbocycles. The second kappa shape index (κ2) is 8.88. The molecular formula is C25H19BrO6. The lowest BCUT2D eigenvalue weighted by atomic mass is 10.0. The molecule has 1 aliphatic heterocycles. The van der Waals surface area contributed by atoms with Crippen molar-refractivity contribution in [3.05, 3.63) is 87.1 Å². The van der Waals surface area contributed by atoms with Gasteiger partial charge in [-0.05, 0) is 58.8 Å². The van der Waals surface area contributed by atoms with Crippen LogP contribution < -0.4 is 18.9 Å². The van der Waals surface area contributed by atoms with E-state index in [1.807, 2.05) is 6.07 Å². The number of fused-ring (bicyclic) bond motifs is 1. The van der Waals surface area contributed by atoms with Crippen LogP contribution in [-0.4, -0.2) is 26.0 Å². The first-order valence-corrected chi connectivity index (χ1v) is 10.5. The number of carbonyl (C=O) groups is 2. The number of rotatable bonds is 5. The van der Waals surface area contributed by atoms with Crippen LogP contribution in [0.2, 0.25) is 0 Å². The Balaban J connectivity index is 1.65. The minimum Gasteiger partial charge on any atom is -0.493 e. The Labute approximate surface area is 193 Å². The van der Waals surface area contributed by atoms with Gasteiger partial charge in [-0.25, -0.2) is 4.79 Å². The number of para-hydroxylation sites is 1. The molecule has 0 aromatic heterocycles. The Morgan fingerprint density at radius 3 is 2.53 bits per heavy atom. The maximum atomic E-state index is 13.0. The molecule has 3 aromatic rings. The summed E-state index contributed by atoms with van der Waals surface area (Å²) in [6.07, 6.45) is 1.61. The van der Waals surface area contributed by atoms with E-state index in [2.05, 4.69) is 15.9 Å². The molecule has 6 nitrogen and oxygen atoms in total. The molecule has 0 spiro atoms. The summed E-state index contributed by atoms with van der Waals surface area (Å²) in [4.78, 5) is 25.5. The van der Waals surface area contributed by atoms with E-state index in [4.69, 9.17) is 18.9 Å². The van der Waals surface area contributed by atoms with E-state index in [1.165, 1.54) is 7.11 Å². The number of esters is 1. The van der Waals surface area contributed by atoms with Crippen molar-refractivity contribution < 1.29 is 28.5 Å². The largest absolute Gasteiger partial charge is 0.493 e. The molecule has 1 aliphatic rings. The summed E-state index contributed by atoms with van der Waals surface area (Å²) in [6, 6.07) is 15.5. The molecule has 0 saturated heterocycles. The number of Topliss-reactive ketones (excluding diaryl/α,β-unsaturated/α-hetero) is 1. The first kappa shape index (κ1) is 21.6. The number of ether oxygens (including phenoxy) is 4. The molecule has 0 N–H and O–H groups in total. The van der Waals surface area contributed by atoms with Gasteiger partial charge in [0.2, 0.25) is 5.78 Å². The minimum atomic E-state index is -0.516. The summed E-state index contributed by atoms with van der Waals surface area (Å²) >= 11 is 3.35. The van der Waals surface area contributed by atoms with Crippen molar-refractivity contribution in [2.24, 2.45) is 0 Å². The highest BCUT2D eigenvalue weighted by atomic mass is 79.9. The van der Waals surface area contributed by atoms with E-state index in [0.717, 1.165) is 0 Å². The molecule has 162 valence electrons. The Morgan fingerprint density at radius 1 is 1.03 bits per heavy atom. The molecule has 0 bridgehead atoms.